The molecule has 0 bridgehead atoms. The van der Waals surface area contributed by atoms with Crippen molar-refractivity contribution in [3.05, 3.63) is 58.6 Å². The highest BCUT2D eigenvalue weighted by atomic mass is 35.5. The summed E-state index contributed by atoms with van der Waals surface area (Å²) in [6.45, 7) is 0.401. The smallest absolute Gasteiger partial charge is 0.328 e. The molecule has 0 saturated heterocycles. The van der Waals surface area contributed by atoms with Crippen LogP contribution in [0.25, 0.3) is 0 Å². The lowest BCUT2D eigenvalue weighted by Gasteiger charge is -2.10. The Morgan fingerprint density at radius 3 is 1.42 bits per heavy atom. The summed E-state index contributed by atoms with van der Waals surface area (Å²) in [6, 6.07) is 9.24. The van der Waals surface area contributed by atoms with Gasteiger partial charge in [0.15, 0.2) is 0 Å². The third-order valence-electron chi connectivity index (χ3n) is 4.09. The maximum absolute atomic E-state index is 12.1. The van der Waals surface area contributed by atoms with Crippen molar-refractivity contribution in [1.29, 1.82) is 0 Å². The van der Waals surface area contributed by atoms with E-state index in [1.54, 1.807) is 0 Å². The van der Waals surface area contributed by atoms with Crippen molar-refractivity contribution in [2.24, 2.45) is 0 Å². The van der Waals surface area contributed by atoms with Gasteiger partial charge >= 0.3 is 12.1 Å². The molecule has 0 spiro atoms. The minimum absolute atomic E-state index is 0.133. The predicted octanol–water partition coefficient (Wildman–Crippen LogP) is 2.84. The fourth-order valence-corrected chi connectivity index (χ4v) is 4.99. The third kappa shape index (κ3) is 9.08. The molecule has 0 radical (unpaired) electrons. The molecule has 14 heteroatoms. The second-order valence-electron chi connectivity index (χ2n) is 6.70. The molecule has 2 aromatic carbocycles. The molecule has 33 heavy (non-hydrogen) atoms. The Morgan fingerprint density at radius 1 is 0.667 bits per heavy atom. The van der Waals surface area contributed by atoms with Gasteiger partial charge in [-0.2, -0.15) is 0 Å². The molecule has 0 aliphatic heterocycles. The molecular formula is C19H22Cl2N4O6S2. The molecular weight excluding hydrogens is 515 g/mol. The number of rotatable bonds is 10. The topological polar surface area (TPSA) is 151 Å². The zero-order chi connectivity index (χ0) is 24.5. The molecule has 2 rings (SSSR count). The van der Waals surface area contributed by atoms with E-state index < -0.39 is 32.1 Å². The number of nitrogens with one attached hydrogen (secondary N) is 4. The zero-order valence-corrected chi connectivity index (χ0v) is 20.3. The molecule has 2 aromatic rings. The number of carbonyl (C=O) groups excluding carboxylic acids is 2. The van der Waals surface area contributed by atoms with Gasteiger partial charge in [-0.1, -0.05) is 35.3 Å². The molecule has 0 atom stereocenters. The zero-order valence-electron chi connectivity index (χ0n) is 17.2. The van der Waals surface area contributed by atoms with Gasteiger partial charge in [-0.15, -0.1) is 0 Å². The van der Waals surface area contributed by atoms with E-state index in [1.165, 1.54) is 48.5 Å². The summed E-state index contributed by atoms with van der Waals surface area (Å²) < 4.78 is 52.2. The van der Waals surface area contributed by atoms with Crippen molar-refractivity contribution >= 4 is 55.3 Å². The SMILES string of the molecule is O=C(NCCCCCNC(=O)NS(=O)(=O)c1cccc(Cl)c1)NS(=O)(=O)c1cccc(Cl)c1. The van der Waals surface area contributed by atoms with E-state index in [1.807, 2.05) is 9.44 Å². The van der Waals surface area contributed by atoms with Crippen LogP contribution in [0.15, 0.2) is 58.3 Å². The lowest BCUT2D eigenvalue weighted by molar-refractivity contribution is 0.245. The first-order valence-corrected chi connectivity index (χ1v) is 13.3. The molecule has 0 saturated carbocycles. The lowest BCUT2D eigenvalue weighted by Crippen LogP contribution is -2.40. The van der Waals surface area contributed by atoms with Crippen molar-refractivity contribution in [2.75, 3.05) is 13.1 Å². The summed E-state index contributed by atoms with van der Waals surface area (Å²) in [7, 11) is -8.08. The Kier molecular flexibility index (Phi) is 9.77. The predicted molar refractivity (Wildman–Crippen MR) is 124 cm³/mol. The molecule has 0 aliphatic rings. The Labute approximate surface area is 202 Å². The molecule has 0 unspecified atom stereocenters. The number of amides is 4. The van der Waals surface area contributed by atoms with Crippen molar-refractivity contribution in [3.8, 4) is 0 Å². The first kappa shape index (κ1) is 26.7. The molecule has 0 fully saturated rings. The summed E-state index contributed by atoms with van der Waals surface area (Å²) in [4.78, 5) is 23.3. The van der Waals surface area contributed by atoms with E-state index in [0.717, 1.165) is 0 Å². The largest absolute Gasteiger partial charge is 0.337 e. The van der Waals surface area contributed by atoms with E-state index >= 15 is 0 Å². The van der Waals surface area contributed by atoms with Crippen LogP contribution in [0.1, 0.15) is 19.3 Å². The molecule has 4 N–H and O–H groups in total. The van der Waals surface area contributed by atoms with Crippen LogP contribution >= 0.6 is 23.2 Å². The van der Waals surface area contributed by atoms with E-state index in [4.69, 9.17) is 23.2 Å². The number of benzene rings is 2. The molecule has 180 valence electrons. The Balaban J connectivity index is 1.63. The van der Waals surface area contributed by atoms with E-state index in [2.05, 4.69) is 10.6 Å². The van der Waals surface area contributed by atoms with E-state index in [-0.39, 0.29) is 32.9 Å². The number of hydrogen-bond acceptors (Lipinski definition) is 6. The maximum Gasteiger partial charge on any atom is 0.328 e. The quantitative estimate of drug-likeness (QED) is 0.342. The first-order chi connectivity index (χ1) is 15.5. The number of urea groups is 2. The Hall–Kier alpha value is -2.54. The van der Waals surface area contributed by atoms with Crippen molar-refractivity contribution in [1.82, 2.24) is 20.1 Å². The van der Waals surface area contributed by atoms with Gasteiger partial charge in [0, 0.05) is 23.1 Å². The number of sulfonamides is 2. The van der Waals surface area contributed by atoms with Crippen molar-refractivity contribution in [3.63, 3.8) is 0 Å². The van der Waals surface area contributed by atoms with Gasteiger partial charge in [0.1, 0.15) is 0 Å². The Bertz CT molecular complexity index is 1110. The van der Waals surface area contributed by atoms with Crippen LogP contribution < -0.4 is 20.1 Å². The average molecular weight is 537 g/mol. The second kappa shape index (κ2) is 12.1. The van der Waals surface area contributed by atoms with E-state index in [9.17, 15) is 26.4 Å². The van der Waals surface area contributed by atoms with Gasteiger partial charge in [0.25, 0.3) is 20.0 Å². The fourth-order valence-electron chi connectivity index (χ4n) is 2.53. The number of halogens is 2. The molecule has 0 aliphatic carbocycles. The summed E-state index contributed by atoms with van der Waals surface area (Å²) in [5.74, 6) is 0. The minimum Gasteiger partial charge on any atom is -0.337 e. The van der Waals surface area contributed by atoms with Crippen LogP contribution in [0, 0.1) is 0 Å². The third-order valence-corrected chi connectivity index (χ3v) is 7.22. The van der Waals surface area contributed by atoms with Crippen LogP contribution in [0.3, 0.4) is 0 Å². The summed E-state index contributed by atoms with van der Waals surface area (Å²) in [5, 5.41) is 5.30. The van der Waals surface area contributed by atoms with Gasteiger partial charge in [-0.25, -0.2) is 35.9 Å². The maximum atomic E-state index is 12.1. The van der Waals surface area contributed by atoms with Crippen LogP contribution in [0.2, 0.25) is 10.0 Å². The number of hydrogen-bond donors (Lipinski definition) is 4. The minimum atomic E-state index is -4.04. The highest BCUT2D eigenvalue weighted by Crippen LogP contribution is 2.16. The lowest BCUT2D eigenvalue weighted by atomic mass is 10.2. The normalized spacial score (nSPS) is 11.5. The van der Waals surface area contributed by atoms with Gasteiger partial charge in [0.2, 0.25) is 0 Å². The van der Waals surface area contributed by atoms with E-state index in [0.29, 0.717) is 19.3 Å². The molecule has 0 heterocycles. The van der Waals surface area contributed by atoms with Crippen molar-refractivity contribution < 1.29 is 26.4 Å². The number of carbonyl (C=O) groups is 2. The average Bonchev–Trinajstić information content (AvgIpc) is 2.72. The van der Waals surface area contributed by atoms with Gasteiger partial charge in [-0.3, -0.25) is 0 Å². The van der Waals surface area contributed by atoms with Crippen molar-refractivity contribution in [2.45, 2.75) is 29.1 Å². The molecule has 10 nitrogen and oxygen atoms in total. The highest BCUT2D eigenvalue weighted by molar-refractivity contribution is 7.90. The first-order valence-electron chi connectivity index (χ1n) is 9.62. The van der Waals surface area contributed by atoms with Crippen LogP contribution in [0.4, 0.5) is 9.59 Å². The Morgan fingerprint density at radius 2 is 1.06 bits per heavy atom. The summed E-state index contributed by atoms with van der Waals surface area (Å²) in [5.41, 5.74) is 0. The number of unbranched alkanes of at least 4 members (excludes halogenated alkanes) is 2. The van der Waals surface area contributed by atoms with Crippen LogP contribution in [-0.4, -0.2) is 42.0 Å². The van der Waals surface area contributed by atoms with Gasteiger partial charge in [-0.05, 0) is 55.7 Å². The highest BCUT2D eigenvalue weighted by Gasteiger charge is 2.18. The van der Waals surface area contributed by atoms with Gasteiger partial charge in [0.05, 0.1) is 9.79 Å². The fraction of sp³-hybridized carbons (Fsp3) is 0.263. The molecule has 0 aromatic heterocycles. The standard InChI is InChI=1S/C19H22Cl2N4O6S2/c20-14-6-4-8-16(12-14)32(28,29)24-18(26)22-10-2-1-3-11-23-19(27)25-33(30,31)17-9-5-7-15(21)13-17/h4-9,12-13H,1-3,10-11H2,(H2,22,24,26)(H2,23,25,27). The monoisotopic (exact) mass is 536 g/mol. The second-order valence-corrected chi connectivity index (χ2v) is 10.9. The summed E-state index contributed by atoms with van der Waals surface area (Å²) in [6.07, 6.45) is 1.60. The summed E-state index contributed by atoms with van der Waals surface area (Å²) >= 11 is 11.5. The van der Waals surface area contributed by atoms with Crippen LogP contribution in [-0.2, 0) is 20.0 Å². The van der Waals surface area contributed by atoms with Gasteiger partial charge < -0.3 is 10.6 Å². The molecule has 4 amide bonds. The van der Waals surface area contributed by atoms with Crippen LogP contribution in [0.5, 0.6) is 0 Å².